The van der Waals surface area contributed by atoms with Gasteiger partial charge in [0.25, 0.3) is 0 Å². The van der Waals surface area contributed by atoms with Crippen LogP contribution in [0.5, 0.6) is 0 Å². The van der Waals surface area contributed by atoms with Gasteiger partial charge in [-0.1, -0.05) is 212 Å². The number of aromatic nitrogens is 1. The van der Waals surface area contributed by atoms with Gasteiger partial charge in [0.2, 0.25) is 0 Å². The van der Waals surface area contributed by atoms with Gasteiger partial charge in [-0.05, 0) is 135 Å². The average Bonchev–Trinajstić information content (AvgIpc) is 3.68. The lowest BCUT2D eigenvalue weighted by molar-refractivity contribution is 0.769. The van der Waals surface area contributed by atoms with Gasteiger partial charge in [0.05, 0.1) is 16.6 Å². The number of nitrogens with zero attached hydrogens (tertiary/aromatic N) is 1. The zero-order valence-corrected chi connectivity index (χ0v) is 35.6. The third kappa shape index (κ3) is 5.97. The summed E-state index contributed by atoms with van der Waals surface area (Å²) in [5.41, 5.74) is 17.5. The minimum absolute atomic E-state index is 0.432. The van der Waals surface area contributed by atoms with Crippen molar-refractivity contribution in [2.75, 3.05) is 0 Å². The molecule has 1 heteroatoms. The van der Waals surface area contributed by atoms with E-state index in [1.165, 1.54) is 93.5 Å². The lowest BCUT2D eigenvalue weighted by Crippen LogP contribution is -2.28. The van der Waals surface area contributed by atoms with Crippen LogP contribution in [0.25, 0.3) is 99.0 Å². The summed E-state index contributed by atoms with van der Waals surface area (Å²) >= 11 is 0. The van der Waals surface area contributed by atoms with Crippen LogP contribution in [0.1, 0.15) is 22.3 Å². The predicted molar refractivity (Wildman–Crippen MR) is 273 cm³/mol. The van der Waals surface area contributed by atoms with Gasteiger partial charge in [-0.15, -0.1) is 0 Å². The van der Waals surface area contributed by atoms with Crippen molar-refractivity contribution in [3.8, 4) is 55.8 Å². The fraction of sp³-hybridized carbons (Fsp3) is 0.0156. The predicted octanol–water partition coefficient (Wildman–Crippen LogP) is 16.7. The van der Waals surface area contributed by atoms with Crippen LogP contribution in [-0.2, 0) is 5.41 Å². The molecule has 1 aliphatic carbocycles. The zero-order valence-electron chi connectivity index (χ0n) is 35.6. The van der Waals surface area contributed by atoms with E-state index in [4.69, 9.17) is 4.98 Å². The standard InChI is InChI=1S/C64H41N/c1-4-14-42(15-5-1)59-41-62(51-32-33-55-50(38-51)29-24-43-16-10-11-21-54(43)55)65-63-40-49(31-35-58(59)63)47-28-26-44-36-46(27-25-45(44)37-47)48-30-34-57-56-22-12-13-23-60(56)64(61(57)39-48,52-17-6-2-7-18-52)53-19-8-3-9-20-53/h1-41H. The molecule has 12 aromatic rings. The number of benzene rings is 11. The highest BCUT2D eigenvalue weighted by Crippen LogP contribution is 2.56. The first-order valence-corrected chi connectivity index (χ1v) is 22.5. The minimum Gasteiger partial charge on any atom is -0.248 e. The number of hydrogen-bond donors (Lipinski definition) is 0. The highest BCUT2D eigenvalue weighted by atomic mass is 14.7. The van der Waals surface area contributed by atoms with Gasteiger partial charge in [0, 0.05) is 10.9 Å². The molecule has 1 heterocycles. The summed E-state index contributed by atoms with van der Waals surface area (Å²) in [6, 6.07) is 91.5. The smallest absolute Gasteiger partial charge is 0.0721 e. The van der Waals surface area contributed by atoms with Gasteiger partial charge < -0.3 is 0 Å². The van der Waals surface area contributed by atoms with Crippen LogP contribution >= 0.6 is 0 Å². The normalized spacial score (nSPS) is 12.7. The van der Waals surface area contributed by atoms with Crippen molar-refractivity contribution in [2.45, 2.75) is 5.41 Å². The van der Waals surface area contributed by atoms with Crippen molar-refractivity contribution < 1.29 is 0 Å². The van der Waals surface area contributed by atoms with E-state index in [1.54, 1.807) is 0 Å². The second kappa shape index (κ2) is 14.9. The fourth-order valence-corrected chi connectivity index (χ4v) is 10.8. The molecule has 0 saturated carbocycles. The van der Waals surface area contributed by atoms with Crippen LogP contribution < -0.4 is 0 Å². The van der Waals surface area contributed by atoms with E-state index < -0.39 is 5.41 Å². The van der Waals surface area contributed by atoms with E-state index in [9.17, 15) is 0 Å². The summed E-state index contributed by atoms with van der Waals surface area (Å²) in [6.07, 6.45) is 0. The van der Waals surface area contributed by atoms with Crippen molar-refractivity contribution >= 4 is 43.2 Å². The van der Waals surface area contributed by atoms with Gasteiger partial charge in [-0.25, -0.2) is 4.98 Å². The molecular formula is C64H41N. The van der Waals surface area contributed by atoms with Crippen LogP contribution in [-0.4, -0.2) is 4.98 Å². The van der Waals surface area contributed by atoms with E-state index >= 15 is 0 Å². The topological polar surface area (TPSA) is 12.9 Å². The number of pyridine rings is 1. The molecule has 1 nitrogen and oxygen atoms in total. The maximum Gasteiger partial charge on any atom is 0.0721 e. The Bertz CT molecular complexity index is 3770. The SMILES string of the molecule is c1ccc(-c2cc(-c3ccc4c(ccc5ccccc54)c3)nc3cc(-c4ccc5cc(-c6ccc7c(c6)C(c6ccccc6)(c6ccccc6)c6ccccc6-7)ccc5c4)ccc23)cc1. The van der Waals surface area contributed by atoms with Gasteiger partial charge in [-0.2, -0.15) is 0 Å². The van der Waals surface area contributed by atoms with E-state index in [2.05, 4.69) is 249 Å². The zero-order chi connectivity index (χ0) is 42.9. The molecule has 0 fully saturated rings. The molecule has 0 unspecified atom stereocenters. The lowest BCUT2D eigenvalue weighted by Gasteiger charge is -2.34. The minimum atomic E-state index is -0.432. The third-order valence-corrected chi connectivity index (χ3v) is 13.9. The van der Waals surface area contributed by atoms with E-state index in [-0.39, 0.29) is 0 Å². The molecular weight excluding hydrogens is 783 g/mol. The van der Waals surface area contributed by atoms with Gasteiger partial charge in [0.15, 0.2) is 0 Å². The lowest BCUT2D eigenvalue weighted by atomic mass is 9.67. The molecule has 1 aliphatic rings. The van der Waals surface area contributed by atoms with Gasteiger partial charge in [0.1, 0.15) is 0 Å². The first-order valence-electron chi connectivity index (χ1n) is 22.5. The molecule has 0 bridgehead atoms. The third-order valence-electron chi connectivity index (χ3n) is 13.9. The van der Waals surface area contributed by atoms with Crippen molar-refractivity contribution in [3.63, 3.8) is 0 Å². The first kappa shape index (κ1) is 37.2. The molecule has 13 rings (SSSR count). The van der Waals surface area contributed by atoms with E-state index in [0.29, 0.717) is 0 Å². The molecule has 1 aromatic heterocycles. The van der Waals surface area contributed by atoms with Crippen LogP contribution in [0.2, 0.25) is 0 Å². The van der Waals surface area contributed by atoms with Crippen LogP contribution in [0.4, 0.5) is 0 Å². The molecule has 0 amide bonds. The second-order valence-corrected chi connectivity index (χ2v) is 17.4. The number of hydrogen-bond acceptors (Lipinski definition) is 1. The molecule has 0 saturated heterocycles. The molecule has 0 spiro atoms. The molecule has 0 N–H and O–H groups in total. The average molecular weight is 824 g/mol. The summed E-state index contributed by atoms with van der Waals surface area (Å²) in [6.45, 7) is 0. The van der Waals surface area contributed by atoms with Crippen molar-refractivity contribution in [3.05, 3.63) is 271 Å². The maximum absolute atomic E-state index is 5.38. The summed E-state index contributed by atoms with van der Waals surface area (Å²) in [5, 5.41) is 8.56. The summed E-state index contributed by atoms with van der Waals surface area (Å²) < 4.78 is 0. The van der Waals surface area contributed by atoms with Crippen LogP contribution in [0.15, 0.2) is 249 Å². The van der Waals surface area contributed by atoms with Crippen LogP contribution in [0, 0.1) is 0 Å². The van der Waals surface area contributed by atoms with Crippen LogP contribution in [0.3, 0.4) is 0 Å². The molecule has 0 aliphatic heterocycles. The Morgan fingerprint density at radius 1 is 0.262 bits per heavy atom. The largest absolute Gasteiger partial charge is 0.248 e. The molecule has 0 atom stereocenters. The van der Waals surface area contributed by atoms with Gasteiger partial charge >= 0.3 is 0 Å². The molecule has 11 aromatic carbocycles. The Hall–Kier alpha value is -8.39. The van der Waals surface area contributed by atoms with E-state index in [1.807, 2.05) is 0 Å². The van der Waals surface area contributed by atoms with Crippen molar-refractivity contribution in [2.24, 2.45) is 0 Å². The molecule has 65 heavy (non-hydrogen) atoms. The molecule has 302 valence electrons. The first-order chi connectivity index (χ1) is 32.2. The Labute approximate surface area is 378 Å². The van der Waals surface area contributed by atoms with Crippen molar-refractivity contribution in [1.29, 1.82) is 0 Å². The Morgan fingerprint density at radius 3 is 1.52 bits per heavy atom. The summed E-state index contributed by atoms with van der Waals surface area (Å²) in [5.74, 6) is 0. The Morgan fingerprint density at radius 2 is 0.769 bits per heavy atom. The monoisotopic (exact) mass is 823 g/mol. The summed E-state index contributed by atoms with van der Waals surface area (Å²) in [7, 11) is 0. The fourth-order valence-electron chi connectivity index (χ4n) is 10.8. The van der Waals surface area contributed by atoms with Crippen molar-refractivity contribution in [1.82, 2.24) is 4.98 Å². The second-order valence-electron chi connectivity index (χ2n) is 17.4. The summed E-state index contributed by atoms with van der Waals surface area (Å²) in [4.78, 5) is 5.38. The maximum atomic E-state index is 5.38. The molecule has 0 radical (unpaired) electrons. The Kier molecular flexibility index (Phi) is 8.51. The Balaban J connectivity index is 0.896. The highest BCUT2D eigenvalue weighted by Gasteiger charge is 2.46. The number of rotatable bonds is 6. The quantitative estimate of drug-likeness (QED) is 0.152. The highest BCUT2D eigenvalue weighted by molar-refractivity contribution is 6.09. The van der Waals surface area contributed by atoms with Gasteiger partial charge in [-0.3, -0.25) is 0 Å². The van der Waals surface area contributed by atoms with E-state index in [0.717, 1.165) is 27.7 Å². The number of fused-ring (bicyclic) bond motifs is 8.